The summed E-state index contributed by atoms with van der Waals surface area (Å²) >= 11 is 12.2. The van der Waals surface area contributed by atoms with Crippen LogP contribution in [0.5, 0.6) is 0 Å². The third-order valence-corrected chi connectivity index (χ3v) is 3.10. The number of aromatic nitrogens is 1. The van der Waals surface area contributed by atoms with Crippen molar-refractivity contribution in [2.24, 2.45) is 0 Å². The molecule has 3 rings (SSSR count). The van der Waals surface area contributed by atoms with E-state index in [1.807, 2.05) is 24.3 Å². The molecule has 0 aliphatic rings. The summed E-state index contributed by atoms with van der Waals surface area (Å²) in [4.78, 5) is 4.37. The van der Waals surface area contributed by atoms with Crippen LogP contribution in [-0.2, 0) is 0 Å². The molecule has 0 saturated heterocycles. The van der Waals surface area contributed by atoms with Gasteiger partial charge in [-0.15, -0.1) is 0 Å². The molecular weight excluding hydrogens is 257 g/mol. The molecule has 2 nitrogen and oxygen atoms in total. The average molecular weight is 264 g/mol. The molecule has 17 heavy (non-hydrogen) atoms. The Balaban J connectivity index is 2.27. The summed E-state index contributed by atoms with van der Waals surface area (Å²) in [6.45, 7) is 0. The minimum atomic E-state index is 0.446. The standard InChI is InChI=1S/C13H7Cl2NO/c14-8-4-3-5-9(15)12(8)13-16-10-6-1-2-7-11(10)17-13/h1-7H. The van der Waals surface area contributed by atoms with Crippen LogP contribution in [0.2, 0.25) is 10.0 Å². The molecule has 0 aliphatic heterocycles. The zero-order chi connectivity index (χ0) is 11.8. The molecule has 0 atom stereocenters. The van der Waals surface area contributed by atoms with E-state index >= 15 is 0 Å². The summed E-state index contributed by atoms with van der Waals surface area (Å²) in [5.41, 5.74) is 2.14. The van der Waals surface area contributed by atoms with Gasteiger partial charge in [-0.25, -0.2) is 4.98 Å². The van der Waals surface area contributed by atoms with Crippen molar-refractivity contribution in [3.63, 3.8) is 0 Å². The number of fused-ring (bicyclic) bond motifs is 1. The number of hydrogen-bond acceptors (Lipinski definition) is 2. The minimum Gasteiger partial charge on any atom is -0.436 e. The van der Waals surface area contributed by atoms with Crippen LogP contribution in [0.25, 0.3) is 22.6 Å². The number of hydrogen-bond donors (Lipinski definition) is 0. The molecule has 0 saturated carbocycles. The highest BCUT2D eigenvalue weighted by molar-refractivity contribution is 6.38. The number of para-hydroxylation sites is 2. The maximum atomic E-state index is 6.11. The zero-order valence-electron chi connectivity index (χ0n) is 8.65. The van der Waals surface area contributed by atoms with Gasteiger partial charge in [-0.3, -0.25) is 0 Å². The zero-order valence-corrected chi connectivity index (χ0v) is 10.2. The van der Waals surface area contributed by atoms with Crippen LogP contribution in [0, 0.1) is 0 Å². The van der Waals surface area contributed by atoms with Gasteiger partial charge in [0.15, 0.2) is 5.58 Å². The van der Waals surface area contributed by atoms with Crippen LogP contribution < -0.4 is 0 Å². The Kier molecular flexibility index (Phi) is 2.54. The number of rotatable bonds is 1. The second kappa shape index (κ2) is 4.06. The Morgan fingerprint density at radius 2 is 1.59 bits per heavy atom. The predicted molar refractivity (Wildman–Crippen MR) is 69.5 cm³/mol. The summed E-state index contributed by atoms with van der Waals surface area (Å²) in [6, 6.07) is 12.9. The lowest BCUT2D eigenvalue weighted by Crippen LogP contribution is -1.80. The minimum absolute atomic E-state index is 0.446. The van der Waals surface area contributed by atoms with E-state index < -0.39 is 0 Å². The molecule has 0 N–H and O–H groups in total. The van der Waals surface area contributed by atoms with Crippen LogP contribution >= 0.6 is 23.2 Å². The summed E-state index contributed by atoms with van der Waals surface area (Å²) in [6.07, 6.45) is 0. The van der Waals surface area contributed by atoms with Crippen LogP contribution in [0.4, 0.5) is 0 Å². The SMILES string of the molecule is Clc1cccc(Cl)c1-c1nc2ccccc2o1. The number of oxazole rings is 1. The molecular formula is C13H7Cl2NO. The van der Waals surface area contributed by atoms with Crippen molar-refractivity contribution in [3.8, 4) is 11.5 Å². The summed E-state index contributed by atoms with van der Waals surface area (Å²) < 4.78 is 5.64. The van der Waals surface area contributed by atoms with Crippen molar-refractivity contribution in [2.45, 2.75) is 0 Å². The maximum absolute atomic E-state index is 6.11. The van der Waals surface area contributed by atoms with Gasteiger partial charge >= 0.3 is 0 Å². The van der Waals surface area contributed by atoms with Crippen LogP contribution in [0.1, 0.15) is 0 Å². The van der Waals surface area contributed by atoms with E-state index in [2.05, 4.69) is 4.98 Å². The van der Waals surface area contributed by atoms with Crippen LogP contribution in [0.3, 0.4) is 0 Å². The third kappa shape index (κ3) is 1.79. The molecule has 84 valence electrons. The van der Waals surface area contributed by atoms with Crippen molar-refractivity contribution in [3.05, 3.63) is 52.5 Å². The van der Waals surface area contributed by atoms with Crippen molar-refractivity contribution >= 4 is 34.3 Å². The van der Waals surface area contributed by atoms with E-state index in [1.165, 1.54) is 0 Å². The molecule has 0 spiro atoms. The molecule has 1 aromatic heterocycles. The molecule has 0 fully saturated rings. The van der Waals surface area contributed by atoms with Gasteiger partial charge in [0.2, 0.25) is 5.89 Å². The number of halogens is 2. The molecule has 2 aromatic carbocycles. The van der Waals surface area contributed by atoms with E-state index in [-0.39, 0.29) is 0 Å². The smallest absolute Gasteiger partial charge is 0.230 e. The molecule has 0 aliphatic carbocycles. The molecule has 4 heteroatoms. The van der Waals surface area contributed by atoms with E-state index in [0.29, 0.717) is 21.5 Å². The van der Waals surface area contributed by atoms with Gasteiger partial charge in [-0.2, -0.15) is 0 Å². The molecule has 0 amide bonds. The van der Waals surface area contributed by atoms with Gasteiger partial charge in [0.1, 0.15) is 5.52 Å². The largest absolute Gasteiger partial charge is 0.436 e. The fourth-order valence-corrected chi connectivity index (χ4v) is 2.24. The first-order valence-electron chi connectivity index (χ1n) is 5.05. The first-order valence-corrected chi connectivity index (χ1v) is 5.81. The first kappa shape index (κ1) is 10.6. The fourth-order valence-electron chi connectivity index (χ4n) is 1.68. The lowest BCUT2D eigenvalue weighted by Gasteiger charge is -2.01. The molecule has 0 radical (unpaired) electrons. The number of benzene rings is 2. The summed E-state index contributed by atoms with van der Waals surface area (Å²) in [7, 11) is 0. The lowest BCUT2D eigenvalue weighted by atomic mass is 10.2. The highest BCUT2D eigenvalue weighted by Gasteiger charge is 2.14. The molecule has 1 heterocycles. The Morgan fingerprint density at radius 1 is 0.882 bits per heavy atom. The van der Waals surface area contributed by atoms with Crippen molar-refractivity contribution in [1.82, 2.24) is 4.98 Å². The van der Waals surface area contributed by atoms with Gasteiger partial charge < -0.3 is 4.42 Å². The molecule has 3 aromatic rings. The number of nitrogens with zero attached hydrogens (tertiary/aromatic N) is 1. The molecule has 0 unspecified atom stereocenters. The highest BCUT2D eigenvalue weighted by Crippen LogP contribution is 2.35. The Hall–Kier alpha value is -1.51. The molecule has 0 bridgehead atoms. The fraction of sp³-hybridized carbons (Fsp3) is 0. The topological polar surface area (TPSA) is 26.0 Å². The predicted octanol–water partition coefficient (Wildman–Crippen LogP) is 4.80. The average Bonchev–Trinajstić information content (AvgIpc) is 2.71. The quantitative estimate of drug-likeness (QED) is 0.630. The van der Waals surface area contributed by atoms with E-state index in [4.69, 9.17) is 27.6 Å². The monoisotopic (exact) mass is 263 g/mol. The second-order valence-electron chi connectivity index (χ2n) is 3.58. The first-order chi connectivity index (χ1) is 8.25. The van der Waals surface area contributed by atoms with Crippen LogP contribution in [0.15, 0.2) is 46.9 Å². The third-order valence-electron chi connectivity index (χ3n) is 2.47. The van der Waals surface area contributed by atoms with Crippen molar-refractivity contribution < 1.29 is 4.42 Å². The van der Waals surface area contributed by atoms with Crippen molar-refractivity contribution in [2.75, 3.05) is 0 Å². The normalized spacial score (nSPS) is 10.9. The van der Waals surface area contributed by atoms with Gasteiger partial charge in [0.05, 0.1) is 15.6 Å². The Labute approximate surface area is 108 Å². The Morgan fingerprint density at radius 3 is 2.29 bits per heavy atom. The Bertz CT molecular complexity index is 637. The van der Waals surface area contributed by atoms with E-state index in [9.17, 15) is 0 Å². The van der Waals surface area contributed by atoms with E-state index in [1.54, 1.807) is 18.2 Å². The van der Waals surface area contributed by atoms with Crippen molar-refractivity contribution in [1.29, 1.82) is 0 Å². The highest BCUT2D eigenvalue weighted by atomic mass is 35.5. The van der Waals surface area contributed by atoms with E-state index in [0.717, 1.165) is 11.1 Å². The summed E-state index contributed by atoms with van der Waals surface area (Å²) in [5, 5.41) is 1.06. The van der Waals surface area contributed by atoms with Gasteiger partial charge in [-0.05, 0) is 24.3 Å². The van der Waals surface area contributed by atoms with Crippen LogP contribution in [-0.4, -0.2) is 4.98 Å². The van der Waals surface area contributed by atoms with Gasteiger partial charge in [0, 0.05) is 0 Å². The lowest BCUT2D eigenvalue weighted by molar-refractivity contribution is 0.620. The van der Waals surface area contributed by atoms with Gasteiger partial charge in [-0.1, -0.05) is 41.4 Å². The second-order valence-corrected chi connectivity index (χ2v) is 4.40. The maximum Gasteiger partial charge on any atom is 0.230 e. The van der Waals surface area contributed by atoms with Gasteiger partial charge in [0.25, 0.3) is 0 Å². The summed E-state index contributed by atoms with van der Waals surface area (Å²) in [5.74, 6) is 0.446.